The molecule has 0 saturated carbocycles. The van der Waals surface area contributed by atoms with E-state index in [4.69, 9.17) is 5.26 Å². The summed E-state index contributed by atoms with van der Waals surface area (Å²) in [5.41, 5.74) is 1.23. The van der Waals surface area contributed by atoms with Crippen LogP contribution in [0.15, 0.2) is 48.7 Å². The second kappa shape index (κ2) is 5.51. The highest BCUT2D eigenvalue weighted by Crippen LogP contribution is 2.26. The summed E-state index contributed by atoms with van der Waals surface area (Å²) < 4.78 is 0. The van der Waals surface area contributed by atoms with Gasteiger partial charge in [0.2, 0.25) is 0 Å². The van der Waals surface area contributed by atoms with Gasteiger partial charge in [-0.25, -0.2) is 4.98 Å². The summed E-state index contributed by atoms with van der Waals surface area (Å²) in [6.07, 6.45) is 1.57. The van der Waals surface area contributed by atoms with Crippen molar-refractivity contribution >= 4 is 5.69 Å². The third-order valence-electron chi connectivity index (χ3n) is 3.05. The Morgan fingerprint density at radius 3 is 2.63 bits per heavy atom. The maximum Gasteiger partial charge on any atom is 0.163 e. The molecule has 0 bridgehead atoms. The fourth-order valence-electron chi connectivity index (χ4n) is 1.90. The third kappa shape index (κ3) is 2.72. The molecule has 0 saturated heterocycles. The fraction of sp³-hybridized carbons (Fsp3) is 0.200. The predicted molar refractivity (Wildman–Crippen MR) is 73.5 cm³/mol. The van der Waals surface area contributed by atoms with Crippen LogP contribution in [0.25, 0.3) is 0 Å². The Balaban J connectivity index is 2.37. The van der Waals surface area contributed by atoms with Gasteiger partial charge in [0.05, 0.1) is 17.8 Å². The van der Waals surface area contributed by atoms with Crippen molar-refractivity contribution in [2.45, 2.75) is 12.5 Å². The molecule has 2 rings (SSSR count). The molecular weight excluding hydrogens is 238 g/mol. The zero-order valence-electron chi connectivity index (χ0n) is 10.7. The van der Waals surface area contributed by atoms with Crippen molar-refractivity contribution in [3.05, 3.63) is 59.9 Å². The van der Waals surface area contributed by atoms with Crippen LogP contribution < -0.4 is 5.32 Å². The van der Waals surface area contributed by atoms with Gasteiger partial charge in [-0.1, -0.05) is 30.3 Å². The zero-order chi connectivity index (χ0) is 13.7. The summed E-state index contributed by atoms with van der Waals surface area (Å²) in [6, 6.07) is 15.2. The average molecular weight is 253 g/mol. The second-order valence-corrected chi connectivity index (χ2v) is 4.49. The fourth-order valence-corrected chi connectivity index (χ4v) is 1.90. The van der Waals surface area contributed by atoms with E-state index in [1.165, 1.54) is 0 Å². The van der Waals surface area contributed by atoms with Crippen molar-refractivity contribution < 1.29 is 5.11 Å². The topological polar surface area (TPSA) is 68.9 Å². The van der Waals surface area contributed by atoms with Gasteiger partial charge in [0.1, 0.15) is 6.07 Å². The SMILES string of the molecule is CC(CO)(Nc1cccnc1C#N)c1ccccc1. The first kappa shape index (κ1) is 13.1. The lowest BCUT2D eigenvalue weighted by Gasteiger charge is -2.30. The molecule has 2 N–H and O–H groups in total. The highest BCUT2D eigenvalue weighted by atomic mass is 16.3. The number of aliphatic hydroxyl groups is 1. The molecule has 0 aliphatic carbocycles. The van der Waals surface area contributed by atoms with Crippen LogP contribution in [-0.4, -0.2) is 16.7 Å². The van der Waals surface area contributed by atoms with E-state index in [-0.39, 0.29) is 6.61 Å². The van der Waals surface area contributed by atoms with E-state index in [0.29, 0.717) is 11.4 Å². The minimum atomic E-state index is -0.657. The standard InChI is InChI=1S/C15H15N3O/c1-15(11-19,12-6-3-2-4-7-12)18-13-8-5-9-17-14(13)10-16/h2-9,18-19H,11H2,1H3. The van der Waals surface area contributed by atoms with Gasteiger partial charge in [-0.15, -0.1) is 0 Å². The van der Waals surface area contributed by atoms with Gasteiger partial charge in [-0.2, -0.15) is 5.26 Å². The summed E-state index contributed by atoms with van der Waals surface area (Å²) in [4.78, 5) is 4.00. The summed E-state index contributed by atoms with van der Waals surface area (Å²) in [7, 11) is 0. The summed E-state index contributed by atoms with van der Waals surface area (Å²) in [5, 5.41) is 21.9. The molecule has 19 heavy (non-hydrogen) atoms. The number of aromatic nitrogens is 1. The minimum absolute atomic E-state index is 0.0865. The van der Waals surface area contributed by atoms with Crippen LogP contribution in [0.3, 0.4) is 0 Å². The number of hydrogen-bond donors (Lipinski definition) is 2. The number of hydrogen-bond acceptors (Lipinski definition) is 4. The molecule has 0 aliphatic rings. The monoisotopic (exact) mass is 253 g/mol. The van der Waals surface area contributed by atoms with Crippen molar-refractivity contribution in [1.82, 2.24) is 4.98 Å². The van der Waals surface area contributed by atoms with E-state index in [1.807, 2.05) is 43.3 Å². The number of benzene rings is 1. The Hall–Kier alpha value is -2.38. The third-order valence-corrected chi connectivity index (χ3v) is 3.05. The van der Waals surface area contributed by atoms with Gasteiger partial charge < -0.3 is 10.4 Å². The van der Waals surface area contributed by atoms with E-state index in [9.17, 15) is 5.11 Å². The lowest BCUT2D eigenvalue weighted by molar-refractivity contribution is 0.224. The molecule has 4 heteroatoms. The van der Waals surface area contributed by atoms with Crippen molar-refractivity contribution in [2.24, 2.45) is 0 Å². The number of anilines is 1. The average Bonchev–Trinajstić information content (AvgIpc) is 2.48. The predicted octanol–water partition coefficient (Wildman–Crippen LogP) is 2.27. The number of aliphatic hydroxyl groups excluding tert-OH is 1. The van der Waals surface area contributed by atoms with E-state index in [1.54, 1.807) is 18.3 Å². The maximum absolute atomic E-state index is 9.70. The maximum atomic E-state index is 9.70. The lowest BCUT2D eigenvalue weighted by atomic mass is 9.92. The van der Waals surface area contributed by atoms with Gasteiger partial charge in [0, 0.05) is 6.20 Å². The normalized spacial score (nSPS) is 13.3. The van der Waals surface area contributed by atoms with E-state index < -0.39 is 5.54 Å². The highest BCUT2D eigenvalue weighted by molar-refractivity contribution is 5.56. The highest BCUT2D eigenvalue weighted by Gasteiger charge is 2.26. The van der Waals surface area contributed by atoms with Crippen molar-refractivity contribution in [1.29, 1.82) is 5.26 Å². The van der Waals surface area contributed by atoms with Crippen LogP contribution in [0.4, 0.5) is 5.69 Å². The van der Waals surface area contributed by atoms with Crippen LogP contribution in [0.2, 0.25) is 0 Å². The first-order valence-corrected chi connectivity index (χ1v) is 5.99. The van der Waals surface area contributed by atoms with Crippen LogP contribution in [0.1, 0.15) is 18.2 Å². The molecule has 0 fully saturated rings. The molecule has 1 aromatic carbocycles. The Morgan fingerprint density at radius 1 is 1.26 bits per heavy atom. The lowest BCUT2D eigenvalue weighted by Crippen LogP contribution is -2.36. The number of nitrogens with zero attached hydrogens (tertiary/aromatic N) is 2. The largest absolute Gasteiger partial charge is 0.394 e. The van der Waals surface area contributed by atoms with Crippen LogP contribution in [0, 0.1) is 11.3 Å². The Kier molecular flexibility index (Phi) is 3.79. The molecule has 1 atom stereocenters. The Morgan fingerprint density at radius 2 is 2.00 bits per heavy atom. The molecule has 1 aromatic heterocycles. The molecule has 4 nitrogen and oxygen atoms in total. The molecule has 0 spiro atoms. The molecule has 0 amide bonds. The van der Waals surface area contributed by atoms with E-state index >= 15 is 0 Å². The quantitative estimate of drug-likeness (QED) is 0.877. The number of nitriles is 1. The van der Waals surface area contributed by atoms with Gasteiger partial charge in [0.15, 0.2) is 5.69 Å². The molecule has 0 radical (unpaired) electrons. The molecule has 1 unspecified atom stereocenters. The van der Waals surface area contributed by atoms with Crippen molar-refractivity contribution in [3.8, 4) is 6.07 Å². The first-order chi connectivity index (χ1) is 9.19. The summed E-state index contributed by atoms with van der Waals surface area (Å²) in [5.74, 6) is 0. The first-order valence-electron chi connectivity index (χ1n) is 5.99. The minimum Gasteiger partial charge on any atom is -0.394 e. The molecule has 2 aromatic rings. The van der Waals surface area contributed by atoms with Crippen LogP contribution in [0.5, 0.6) is 0 Å². The van der Waals surface area contributed by atoms with Gasteiger partial charge in [-0.05, 0) is 24.6 Å². The Bertz CT molecular complexity index is 592. The van der Waals surface area contributed by atoms with Crippen LogP contribution in [-0.2, 0) is 5.54 Å². The van der Waals surface area contributed by atoms with E-state index in [0.717, 1.165) is 5.56 Å². The smallest absolute Gasteiger partial charge is 0.163 e. The molecule has 0 aliphatic heterocycles. The second-order valence-electron chi connectivity index (χ2n) is 4.49. The number of rotatable bonds is 4. The zero-order valence-corrected chi connectivity index (χ0v) is 10.7. The van der Waals surface area contributed by atoms with Crippen LogP contribution >= 0.6 is 0 Å². The van der Waals surface area contributed by atoms with Gasteiger partial charge in [-0.3, -0.25) is 0 Å². The van der Waals surface area contributed by atoms with E-state index in [2.05, 4.69) is 10.3 Å². The molecular formula is C15H15N3O. The molecule has 1 heterocycles. The van der Waals surface area contributed by atoms with Gasteiger partial charge in [0.25, 0.3) is 0 Å². The summed E-state index contributed by atoms with van der Waals surface area (Å²) >= 11 is 0. The molecule has 96 valence electrons. The van der Waals surface area contributed by atoms with Crippen molar-refractivity contribution in [2.75, 3.05) is 11.9 Å². The number of pyridine rings is 1. The van der Waals surface area contributed by atoms with Gasteiger partial charge >= 0.3 is 0 Å². The summed E-state index contributed by atoms with van der Waals surface area (Å²) in [6.45, 7) is 1.80. The Labute approximate surface area is 112 Å². The van der Waals surface area contributed by atoms with Crippen molar-refractivity contribution in [3.63, 3.8) is 0 Å². The number of nitrogens with one attached hydrogen (secondary N) is 1.